The first kappa shape index (κ1) is 13.4. The van der Waals surface area contributed by atoms with Gasteiger partial charge in [0.05, 0.1) is 11.2 Å². The minimum absolute atomic E-state index is 0.0560. The number of ether oxygens (including phenoxy) is 1. The molecule has 2 heteroatoms. The molecule has 1 aliphatic rings. The van der Waals surface area contributed by atoms with Crippen LogP contribution >= 0.6 is 0 Å². The van der Waals surface area contributed by atoms with Gasteiger partial charge in [-0.3, -0.25) is 0 Å². The number of benzene rings is 1. The van der Waals surface area contributed by atoms with Gasteiger partial charge in [0.25, 0.3) is 0 Å². The Bertz CT molecular complexity index is 386. The molecule has 0 aromatic heterocycles. The van der Waals surface area contributed by atoms with E-state index < -0.39 is 0 Å². The monoisotopic (exact) mass is 248 g/mol. The van der Waals surface area contributed by atoms with Gasteiger partial charge in [0, 0.05) is 6.42 Å². The van der Waals surface area contributed by atoms with E-state index in [0.29, 0.717) is 5.75 Å². The molecule has 1 aliphatic carbocycles. The highest BCUT2D eigenvalue weighted by Crippen LogP contribution is 2.37. The molecule has 0 heterocycles. The van der Waals surface area contributed by atoms with Gasteiger partial charge in [-0.15, -0.1) is 0 Å². The van der Waals surface area contributed by atoms with Crippen LogP contribution in [0.3, 0.4) is 0 Å². The summed E-state index contributed by atoms with van der Waals surface area (Å²) in [7, 11) is 0. The second-order valence-electron chi connectivity index (χ2n) is 6.36. The molecule has 0 aliphatic heterocycles. The Morgan fingerprint density at radius 2 is 1.72 bits per heavy atom. The van der Waals surface area contributed by atoms with E-state index in [1.165, 1.54) is 31.2 Å². The average Bonchev–Trinajstić information content (AvgIpc) is 2.67. The molecule has 18 heavy (non-hydrogen) atoms. The van der Waals surface area contributed by atoms with Gasteiger partial charge in [-0.05, 0) is 51.3 Å². The summed E-state index contributed by atoms with van der Waals surface area (Å²) in [6.07, 6.45) is 5.79. The van der Waals surface area contributed by atoms with Crippen molar-refractivity contribution in [3.05, 3.63) is 29.8 Å². The first-order valence-corrected chi connectivity index (χ1v) is 6.87. The van der Waals surface area contributed by atoms with E-state index in [9.17, 15) is 5.11 Å². The summed E-state index contributed by atoms with van der Waals surface area (Å²) in [5.74, 6) is 0.320. The van der Waals surface area contributed by atoms with Crippen LogP contribution in [0, 0.1) is 0 Å². The molecule has 1 N–H and O–H groups in total. The van der Waals surface area contributed by atoms with Crippen LogP contribution in [0.25, 0.3) is 0 Å². The summed E-state index contributed by atoms with van der Waals surface area (Å²) in [6.45, 7) is 6.55. The largest absolute Gasteiger partial charge is 0.508 e. The second-order valence-corrected chi connectivity index (χ2v) is 6.36. The molecule has 100 valence electrons. The van der Waals surface area contributed by atoms with Crippen molar-refractivity contribution >= 4 is 0 Å². The fraction of sp³-hybridized carbons (Fsp3) is 0.625. The molecule has 0 radical (unpaired) electrons. The lowest BCUT2D eigenvalue weighted by Crippen LogP contribution is -2.38. The number of phenolic OH excluding ortho intramolecular Hbond substituents is 1. The van der Waals surface area contributed by atoms with Crippen LogP contribution in [0.4, 0.5) is 0 Å². The van der Waals surface area contributed by atoms with Crippen molar-refractivity contribution in [3.63, 3.8) is 0 Å². The third kappa shape index (κ3) is 3.49. The fourth-order valence-corrected chi connectivity index (χ4v) is 3.03. The zero-order valence-corrected chi connectivity index (χ0v) is 11.7. The van der Waals surface area contributed by atoms with Gasteiger partial charge in [-0.1, -0.05) is 25.0 Å². The van der Waals surface area contributed by atoms with E-state index in [0.717, 1.165) is 6.42 Å². The van der Waals surface area contributed by atoms with Crippen molar-refractivity contribution in [2.75, 3.05) is 0 Å². The molecule has 1 saturated carbocycles. The highest BCUT2D eigenvalue weighted by Gasteiger charge is 2.35. The van der Waals surface area contributed by atoms with Crippen LogP contribution in [0.1, 0.15) is 52.0 Å². The smallest absolute Gasteiger partial charge is 0.115 e. The van der Waals surface area contributed by atoms with Crippen molar-refractivity contribution in [2.24, 2.45) is 0 Å². The quantitative estimate of drug-likeness (QED) is 0.870. The molecule has 1 fully saturated rings. The van der Waals surface area contributed by atoms with E-state index in [4.69, 9.17) is 4.74 Å². The highest BCUT2D eigenvalue weighted by atomic mass is 16.5. The summed E-state index contributed by atoms with van der Waals surface area (Å²) in [4.78, 5) is 0. The molecule has 2 rings (SSSR count). The van der Waals surface area contributed by atoms with Crippen molar-refractivity contribution < 1.29 is 9.84 Å². The van der Waals surface area contributed by atoms with E-state index in [-0.39, 0.29) is 11.2 Å². The molecule has 0 saturated heterocycles. The third-order valence-electron chi connectivity index (χ3n) is 3.75. The van der Waals surface area contributed by atoms with E-state index in [2.05, 4.69) is 20.8 Å². The maximum atomic E-state index is 9.29. The van der Waals surface area contributed by atoms with Gasteiger partial charge in [-0.25, -0.2) is 0 Å². The van der Waals surface area contributed by atoms with Crippen LogP contribution in [-0.4, -0.2) is 16.3 Å². The summed E-state index contributed by atoms with van der Waals surface area (Å²) >= 11 is 0. The SMILES string of the molecule is CC(C)(Cc1ccc(O)cc1)OC1(C)CCCC1. The van der Waals surface area contributed by atoms with Crippen LogP contribution < -0.4 is 0 Å². The van der Waals surface area contributed by atoms with Crippen LogP contribution in [0.15, 0.2) is 24.3 Å². The predicted octanol–water partition coefficient (Wildman–Crippen LogP) is 4.06. The topological polar surface area (TPSA) is 29.5 Å². The third-order valence-corrected chi connectivity index (χ3v) is 3.75. The average molecular weight is 248 g/mol. The number of hydrogen-bond acceptors (Lipinski definition) is 2. The maximum Gasteiger partial charge on any atom is 0.115 e. The van der Waals surface area contributed by atoms with Crippen molar-refractivity contribution in [2.45, 2.75) is 64.1 Å². The van der Waals surface area contributed by atoms with Gasteiger partial charge in [0.1, 0.15) is 5.75 Å². The number of aromatic hydroxyl groups is 1. The second kappa shape index (κ2) is 4.93. The number of rotatable bonds is 4. The van der Waals surface area contributed by atoms with Gasteiger partial charge in [-0.2, -0.15) is 0 Å². The summed E-state index contributed by atoms with van der Waals surface area (Å²) in [6, 6.07) is 7.42. The van der Waals surface area contributed by atoms with Crippen molar-refractivity contribution in [1.29, 1.82) is 0 Å². The Morgan fingerprint density at radius 3 is 2.28 bits per heavy atom. The summed E-state index contributed by atoms with van der Waals surface area (Å²) in [5, 5.41) is 9.29. The molecular formula is C16H24O2. The van der Waals surface area contributed by atoms with Crippen molar-refractivity contribution in [1.82, 2.24) is 0 Å². The van der Waals surface area contributed by atoms with Gasteiger partial charge < -0.3 is 9.84 Å². The zero-order valence-electron chi connectivity index (χ0n) is 11.7. The standard InChI is InChI=1S/C16H24O2/c1-15(2,18-16(3)10-4-5-11-16)12-13-6-8-14(17)9-7-13/h6-9,17H,4-5,10-12H2,1-3H3. The molecule has 0 atom stereocenters. The molecule has 1 aromatic rings. The van der Waals surface area contributed by atoms with E-state index in [1.807, 2.05) is 12.1 Å². The Kier molecular flexibility index (Phi) is 3.67. The molecule has 0 spiro atoms. The fourth-order valence-electron chi connectivity index (χ4n) is 3.03. The van der Waals surface area contributed by atoms with Crippen LogP contribution in [0.2, 0.25) is 0 Å². The van der Waals surface area contributed by atoms with Crippen LogP contribution in [-0.2, 0) is 11.2 Å². The van der Waals surface area contributed by atoms with Gasteiger partial charge in [0.2, 0.25) is 0 Å². The lowest BCUT2D eigenvalue weighted by atomic mass is 9.95. The Morgan fingerprint density at radius 1 is 1.17 bits per heavy atom. The van der Waals surface area contributed by atoms with Crippen LogP contribution in [0.5, 0.6) is 5.75 Å². The number of hydrogen-bond donors (Lipinski definition) is 1. The lowest BCUT2D eigenvalue weighted by molar-refractivity contribution is -0.127. The molecule has 0 amide bonds. The minimum Gasteiger partial charge on any atom is -0.508 e. The lowest BCUT2D eigenvalue weighted by Gasteiger charge is -2.36. The van der Waals surface area contributed by atoms with E-state index in [1.54, 1.807) is 12.1 Å². The molecule has 2 nitrogen and oxygen atoms in total. The van der Waals surface area contributed by atoms with Crippen molar-refractivity contribution in [3.8, 4) is 5.75 Å². The first-order valence-electron chi connectivity index (χ1n) is 6.87. The van der Waals surface area contributed by atoms with Gasteiger partial charge in [0.15, 0.2) is 0 Å². The molecule has 0 bridgehead atoms. The Hall–Kier alpha value is -1.02. The normalized spacial score (nSPS) is 19.1. The van der Waals surface area contributed by atoms with Gasteiger partial charge >= 0.3 is 0 Å². The maximum absolute atomic E-state index is 9.29. The Balaban J connectivity index is 2.00. The molecular weight excluding hydrogens is 224 g/mol. The highest BCUT2D eigenvalue weighted by molar-refractivity contribution is 5.26. The number of phenols is 1. The molecule has 1 aromatic carbocycles. The first-order chi connectivity index (χ1) is 8.39. The summed E-state index contributed by atoms with van der Waals surface area (Å²) in [5.41, 5.74) is 1.11. The predicted molar refractivity (Wildman–Crippen MR) is 73.8 cm³/mol. The molecule has 0 unspecified atom stereocenters. The minimum atomic E-state index is -0.157. The summed E-state index contributed by atoms with van der Waals surface area (Å²) < 4.78 is 6.36. The Labute approximate surface area is 110 Å². The van der Waals surface area contributed by atoms with E-state index >= 15 is 0 Å². The zero-order chi connectivity index (χ0) is 13.2.